The van der Waals surface area contributed by atoms with Crippen molar-refractivity contribution in [1.29, 1.82) is 0 Å². The summed E-state index contributed by atoms with van der Waals surface area (Å²) >= 11 is 0. The summed E-state index contributed by atoms with van der Waals surface area (Å²) in [5.41, 5.74) is 0. The van der Waals surface area contributed by atoms with E-state index >= 15 is 0 Å². The van der Waals surface area contributed by atoms with Crippen molar-refractivity contribution in [3.8, 4) is 5.75 Å². The van der Waals surface area contributed by atoms with Crippen LogP contribution in [0.1, 0.15) is 20.3 Å². The molecule has 0 spiro atoms. The quantitative estimate of drug-likeness (QED) is 0.641. The van der Waals surface area contributed by atoms with Crippen molar-refractivity contribution >= 4 is 0 Å². The molecule has 59 valence electrons. The summed E-state index contributed by atoms with van der Waals surface area (Å²) in [7, 11) is 0. The van der Waals surface area contributed by atoms with Gasteiger partial charge in [0.2, 0.25) is 0 Å². The molecule has 0 atom stereocenters. The Bertz CT molecular complexity index is 193. The molecule has 0 aliphatic rings. The van der Waals surface area contributed by atoms with Crippen LogP contribution in [0, 0.1) is 6.10 Å². The van der Waals surface area contributed by atoms with E-state index in [2.05, 4.69) is 6.92 Å². The second kappa shape index (κ2) is 4.02. The summed E-state index contributed by atoms with van der Waals surface area (Å²) in [6.45, 7) is 4.07. The molecule has 11 heavy (non-hydrogen) atoms. The predicted octanol–water partition coefficient (Wildman–Crippen LogP) is 3.03. The van der Waals surface area contributed by atoms with Crippen molar-refractivity contribution in [2.24, 2.45) is 0 Å². The van der Waals surface area contributed by atoms with E-state index < -0.39 is 0 Å². The monoisotopic (exact) mass is 149 g/mol. The molecule has 1 heteroatoms. The Balaban J connectivity index is 2.51. The van der Waals surface area contributed by atoms with Crippen LogP contribution in [-0.4, -0.2) is 0 Å². The van der Waals surface area contributed by atoms with E-state index in [1.807, 2.05) is 37.3 Å². The highest BCUT2D eigenvalue weighted by atomic mass is 16.5. The number of benzene rings is 1. The topological polar surface area (TPSA) is 9.23 Å². The van der Waals surface area contributed by atoms with E-state index in [-0.39, 0.29) is 0 Å². The van der Waals surface area contributed by atoms with E-state index in [0.717, 1.165) is 18.3 Å². The van der Waals surface area contributed by atoms with E-state index in [1.165, 1.54) is 0 Å². The summed E-state index contributed by atoms with van der Waals surface area (Å²) in [6.07, 6.45) is 2.02. The fraction of sp³-hybridized carbons (Fsp3) is 0.300. The van der Waals surface area contributed by atoms with E-state index in [1.54, 1.807) is 0 Å². The van der Waals surface area contributed by atoms with Crippen molar-refractivity contribution < 1.29 is 4.74 Å². The molecule has 0 saturated carbocycles. The molecule has 1 rings (SSSR count). The van der Waals surface area contributed by atoms with Crippen LogP contribution in [0.3, 0.4) is 0 Å². The minimum atomic E-state index is 0.923. The number of hydrogen-bond acceptors (Lipinski definition) is 1. The smallest absolute Gasteiger partial charge is 0.145 e. The summed E-state index contributed by atoms with van der Waals surface area (Å²) in [5.74, 6) is 0.923. The lowest BCUT2D eigenvalue weighted by molar-refractivity contribution is 0.323. The van der Waals surface area contributed by atoms with E-state index in [4.69, 9.17) is 4.74 Å². The summed E-state index contributed by atoms with van der Waals surface area (Å²) in [6, 6.07) is 9.84. The van der Waals surface area contributed by atoms with Gasteiger partial charge in [0.15, 0.2) is 0 Å². The van der Waals surface area contributed by atoms with Gasteiger partial charge in [-0.3, -0.25) is 0 Å². The van der Waals surface area contributed by atoms with Crippen molar-refractivity contribution in [2.75, 3.05) is 0 Å². The largest absolute Gasteiger partial charge is 0.483 e. The summed E-state index contributed by atoms with van der Waals surface area (Å²) < 4.78 is 5.48. The average molecular weight is 149 g/mol. The Morgan fingerprint density at radius 1 is 1.27 bits per heavy atom. The fourth-order valence-electron chi connectivity index (χ4n) is 0.762. The van der Waals surface area contributed by atoms with E-state index in [9.17, 15) is 0 Å². The SMILES string of the molecule is CC[C](C)Oc1ccccc1. The first-order chi connectivity index (χ1) is 5.33. The standard InChI is InChI=1S/C10H13O/c1-3-9(2)11-10-7-5-4-6-8-10/h4-8H,3H2,1-2H3. The van der Waals surface area contributed by atoms with Gasteiger partial charge in [0.05, 0.1) is 0 Å². The first-order valence-corrected chi connectivity index (χ1v) is 3.88. The van der Waals surface area contributed by atoms with Crippen LogP contribution in [0.5, 0.6) is 5.75 Å². The molecule has 0 aliphatic carbocycles. The first kappa shape index (κ1) is 8.12. The molecule has 1 aromatic rings. The third-order valence-corrected chi connectivity index (χ3v) is 1.53. The highest BCUT2D eigenvalue weighted by Crippen LogP contribution is 2.15. The van der Waals surface area contributed by atoms with Gasteiger partial charge in [-0.25, -0.2) is 0 Å². The number of para-hydroxylation sites is 1. The second-order valence-electron chi connectivity index (χ2n) is 2.47. The van der Waals surface area contributed by atoms with Crippen LogP contribution in [-0.2, 0) is 0 Å². The van der Waals surface area contributed by atoms with E-state index in [0.29, 0.717) is 0 Å². The highest BCUT2D eigenvalue weighted by molar-refractivity contribution is 5.22. The fourth-order valence-corrected chi connectivity index (χ4v) is 0.762. The van der Waals surface area contributed by atoms with Crippen molar-refractivity contribution in [3.05, 3.63) is 36.4 Å². The molecule has 0 heterocycles. The molecule has 0 bridgehead atoms. The Kier molecular flexibility index (Phi) is 2.96. The summed E-state index contributed by atoms with van der Waals surface area (Å²) in [5, 5.41) is 0. The average Bonchev–Trinajstić information content (AvgIpc) is 2.06. The second-order valence-corrected chi connectivity index (χ2v) is 2.47. The van der Waals surface area contributed by atoms with Crippen LogP contribution < -0.4 is 4.74 Å². The molecule has 1 nitrogen and oxygen atoms in total. The Morgan fingerprint density at radius 3 is 2.45 bits per heavy atom. The third-order valence-electron chi connectivity index (χ3n) is 1.53. The van der Waals surface area contributed by atoms with Crippen LogP contribution in [0.2, 0.25) is 0 Å². The van der Waals surface area contributed by atoms with Gasteiger partial charge >= 0.3 is 0 Å². The van der Waals surface area contributed by atoms with Gasteiger partial charge in [-0.15, -0.1) is 0 Å². The normalized spacial score (nSPS) is 10.1. The van der Waals surface area contributed by atoms with Crippen molar-refractivity contribution in [1.82, 2.24) is 0 Å². The minimum absolute atomic E-state index is 0.923. The zero-order chi connectivity index (χ0) is 8.10. The molecule has 1 aromatic carbocycles. The lowest BCUT2D eigenvalue weighted by atomic mass is 10.3. The highest BCUT2D eigenvalue weighted by Gasteiger charge is 1.99. The van der Waals surface area contributed by atoms with Crippen molar-refractivity contribution in [3.63, 3.8) is 0 Å². The molecular weight excluding hydrogens is 136 g/mol. The molecule has 0 aliphatic heterocycles. The third kappa shape index (κ3) is 2.62. The van der Waals surface area contributed by atoms with Gasteiger partial charge in [-0.2, -0.15) is 0 Å². The lowest BCUT2D eigenvalue weighted by Gasteiger charge is -2.09. The van der Waals surface area contributed by atoms with Crippen LogP contribution >= 0.6 is 0 Å². The van der Waals surface area contributed by atoms with Crippen LogP contribution in [0.15, 0.2) is 30.3 Å². The predicted molar refractivity (Wildman–Crippen MR) is 46.3 cm³/mol. The van der Waals surface area contributed by atoms with Crippen LogP contribution in [0.25, 0.3) is 0 Å². The maximum Gasteiger partial charge on any atom is 0.145 e. The number of hydrogen-bond donors (Lipinski definition) is 0. The van der Waals surface area contributed by atoms with Crippen molar-refractivity contribution in [2.45, 2.75) is 20.3 Å². The molecule has 0 unspecified atom stereocenters. The zero-order valence-electron chi connectivity index (χ0n) is 7.00. The molecule has 0 amide bonds. The molecular formula is C10H13O. The van der Waals surface area contributed by atoms with Gasteiger partial charge in [0.25, 0.3) is 0 Å². The maximum absolute atomic E-state index is 5.48. The Hall–Kier alpha value is -0.980. The first-order valence-electron chi connectivity index (χ1n) is 3.88. The van der Waals surface area contributed by atoms with Gasteiger partial charge < -0.3 is 4.74 Å². The molecule has 0 fully saturated rings. The molecule has 1 radical (unpaired) electrons. The molecule has 0 aromatic heterocycles. The lowest BCUT2D eigenvalue weighted by Crippen LogP contribution is -1.99. The Morgan fingerprint density at radius 2 is 1.91 bits per heavy atom. The Labute approximate surface area is 68.0 Å². The van der Waals surface area contributed by atoms with Gasteiger partial charge in [0.1, 0.15) is 11.9 Å². The number of ether oxygens (including phenoxy) is 1. The summed E-state index contributed by atoms with van der Waals surface area (Å²) in [4.78, 5) is 0. The minimum Gasteiger partial charge on any atom is -0.483 e. The number of rotatable bonds is 3. The maximum atomic E-state index is 5.48. The molecule has 0 N–H and O–H groups in total. The zero-order valence-corrected chi connectivity index (χ0v) is 7.00. The van der Waals surface area contributed by atoms with Crippen LogP contribution in [0.4, 0.5) is 0 Å². The van der Waals surface area contributed by atoms with Gasteiger partial charge in [-0.1, -0.05) is 25.1 Å². The van der Waals surface area contributed by atoms with Gasteiger partial charge in [-0.05, 0) is 25.5 Å². The van der Waals surface area contributed by atoms with Gasteiger partial charge in [0, 0.05) is 0 Å². The molecule has 0 saturated heterocycles.